The Morgan fingerprint density at radius 1 is 1.08 bits per heavy atom. The molecule has 24 heavy (non-hydrogen) atoms. The number of halogens is 1. The third-order valence-corrected chi connectivity index (χ3v) is 4.27. The normalized spacial score (nSPS) is 10.3. The number of carbonyl (C=O) groups is 2. The summed E-state index contributed by atoms with van der Waals surface area (Å²) in [5.41, 5.74) is 3.24. The zero-order valence-electron chi connectivity index (χ0n) is 14.1. The molecule has 2 aromatic carbocycles. The van der Waals surface area contributed by atoms with E-state index in [1.807, 2.05) is 44.2 Å². The summed E-state index contributed by atoms with van der Waals surface area (Å²) in [7, 11) is 0. The average Bonchev–Trinajstić information content (AvgIpc) is 2.54. The number of hydrogen-bond donors (Lipinski definition) is 1. The molecule has 4 nitrogen and oxygen atoms in total. The van der Waals surface area contributed by atoms with Gasteiger partial charge in [0.15, 0.2) is 0 Å². The SMILES string of the molecule is CC(=O)N(CCNC(=O)c1ccccc1C)c1ccc(C)c(Cl)c1. The Bertz CT molecular complexity index is 759. The van der Waals surface area contributed by atoms with Gasteiger partial charge in [-0.05, 0) is 43.2 Å². The molecule has 0 aliphatic heterocycles. The summed E-state index contributed by atoms with van der Waals surface area (Å²) in [6.07, 6.45) is 0. The van der Waals surface area contributed by atoms with Crippen LogP contribution in [0.25, 0.3) is 0 Å². The maximum atomic E-state index is 12.2. The molecule has 2 amide bonds. The number of nitrogens with zero attached hydrogens (tertiary/aromatic N) is 1. The maximum Gasteiger partial charge on any atom is 0.251 e. The van der Waals surface area contributed by atoms with E-state index in [1.165, 1.54) is 6.92 Å². The first-order valence-corrected chi connectivity index (χ1v) is 8.16. The van der Waals surface area contributed by atoms with Crippen molar-refractivity contribution in [2.45, 2.75) is 20.8 Å². The minimum atomic E-state index is -0.140. The largest absolute Gasteiger partial charge is 0.350 e. The standard InChI is InChI=1S/C19H21ClN2O2/c1-13-6-4-5-7-17(13)19(24)21-10-11-22(15(3)23)16-9-8-14(2)18(20)12-16/h4-9,12H,10-11H2,1-3H3,(H,21,24). The molecular weight excluding hydrogens is 324 g/mol. The predicted molar refractivity (Wildman–Crippen MR) is 97.7 cm³/mol. The van der Waals surface area contributed by atoms with E-state index in [2.05, 4.69) is 5.32 Å². The van der Waals surface area contributed by atoms with Crippen LogP contribution in [-0.2, 0) is 4.79 Å². The first-order chi connectivity index (χ1) is 11.4. The monoisotopic (exact) mass is 344 g/mol. The number of carbonyl (C=O) groups excluding carboxylic acids is 2. The van der Waals surface area contributed by atoms with Crippen molar-refractivity contribution in [2.75, 3.05) is 18.0 Å². The van der Waals surface area contributed by atoms with E-state index in [-0.39, 0.29) is 11.8 Å². The van der Waals surface area contributed by atoms with E-state index < -0.39 is 0 Å². The fourth-order valence-electron chi connectivity index (χ4n) is 2.42. The highest BCUT2D eigenvalue weighted by atomic mass is 35.5. The second-order valence-corrected chi connectivity index (χ2v) is 6.08. The van der Waals surface area contributed by atoms with E-state index in [9.17, 15) is 9.59 Å². The molecule has 0 aliphatic rings. The van der Waals surface area contributed by atoms with Gasteiger partial charge in [-0.25, -0.2) is 0 Å². The molecule has 2 rings (SSSR count). The Balaban J connectivity index is 2.02. The lowest BCUT2D eigenvalue weighted by Crippen LogP contribution is -2.37. The Hall–Kier alpha value is -2.33. The molecule has 0 spiro atoms. The van der Waals surface area contributed by atoms with E-state index >= 15 is 0 Å². The lowest BCUT2D eigenvalue weighted by molar-refractivity contribution is -0.116. The topological polar surface area (TPSA) is 49.4 Å². The van der Waals surface area contributed by atoms with Gasteiger partial charge in [0.25, 0.3) is 5.91 Å². The first-order valence-electron chi connectivity index (χ1n) is 7.78. The van der Waals surface area contributed by atoms with Crippen LogP contribution in [-0.4, -0.2) is 24.9 Å². The molecule has 0 radical (unpaired) electrons. The van der Waals surface area contributed by atoms with Gasteiger partial charge in [-0.3, -0.25) is 9.59 Å². The van der Waals surface area contributed by atoms with Gasteiger partial charge in [0.2, 0.25) is 5.91 Å². The van der Waals surface area contributed by atoms with Crippen LogP contribution in [0.4, 0.5) is 5.69 Å². The van der Waals surface area contributed by atoms with Crippen molar-refractivity contribution < 1.29 is 9.59 Å². The highest BCUT2D eigenvalue weighted by molar-refractivity contribution is 6.31. The number of amides is 2. The number of aryl methyl sites for hydroxylation is 2. The molecule has 1 N–H and O–H groups in total. The minimum Gasteiger partial charge on any atom is -0.350 e. The summed E-state index contributed by atoms with van der Waals surface area (Å²) in [4.78, 5) is 25.7. The van der Waals surface area contributed by atoms with Crippen molar-refractivity contribution >= 4 is 29.1 Å². The van der Waals surface area contributed by atoms with Crippen LogP contribution in [0.2, 0.25) is 5.02 Å². The van der Waals surface area contributed by atoms with Gasteiger partial charge in [-0.2, -0.15) is 0 Å². The second-order valence-electron chi connectivity index (χ2n) is 5.67. The minimum absolute atomic E-state index is 0.0972. The summed E-state index contributed by atoms with van der Waals surface area (Å²) in [6, 6.07) is 12.9. The van der Waals surface area contributed by atoms with Crippen molar-refractivity contribution in [1.29, 1.82) is 0 Å². The second kappa shape index (κ2) is 7.97. The summed E-state index contributed by atoms with van der Waals surface area (Å²) in [6.45, 7) is 6.04. The smallest absolute Gasteiger partial charge is 0.251 e. The van der Waals surface area contributed by atoms with Gasteiger partial charge in [-0.15, -0.1) is 0 Å². The van der Waals surface area contributed by atoms with Crippen LogP contribution >= 0.6 is 11.6 Å². The molecule has 0 heterocycles. The third kappa shape index (κ3) is 4.36. The summed E-state index contributed by atoms with van der Waals surface area (Å²) >= 11 is 6.14. The molecule has 0 atom stereocenters. The predicted octanol–water partition coefficient (Wildman–Crippen LogP) is 3.74. The molecule has 2 aromatic rings. The maximum absolute atomic E-state index is 12.2. The van der Waals surface area contributed by atoms with Gasteiger partial charge in [0.1, 0.15) is 0 Å². The molecule has 0 aliphatic carbocycles. The number of hydrogen-bond acceptors (Lipinski definition) is 2. The Morgan fingerprint density at radius 3 is 2.42 bits per heavy atom. The molecule has 126 valence electrons. The zero-order chi connectivity index (χ0) is 17.7. The average molecular weight is 345 g/mol. The van der Waals surface area contributed by atoms with Gasteiger partial charge < -0.3 is 10.2 Å². The molecule has 0 fully saturated rings. The quantitative estimate of drug-likeness (QED) is 0.898. The number of nitrogens with one attached hydrogen (secondary N) is 1. The van der Waals surface area contributed by atoms with Gasteiger partial charge in [0, 0.05) is 36.3 Å². The zero-order valence-corrected chi connectivity index (χ0v) is 14.9. The van der Waals surface area contributed by atoms with E-state index in [1.54, 1.807) is 17.0 Å². The van der Waals surface area contributed by atoms with Crippen molar-refractivity contribution in [3.05, 3.63) is 64.2 Å². The van der Waals surface area contributed by atoms with Crippen LogP contribution in [0.15, 0.2) is 42.5 Å². The van der Waals surface area contributed by atoms with Crippen LogP contribution in [0.3, 0.4) is 0 Å². The number of rotatable bonds is 5. The van der Waals surface area contributed by atoms with Crippen LogP contribution in [0.1, 0.15) is 28.4 Å². The van der Waals surface area contributed by atoms with Gasteiger partial charge in [-0.1, -0.05) is 35.9 Å². The van der Waals surface area contributed by atoms with Crippen molar-refractivity contribution in [3.8, 4) is 0 Å². The number of anilines is 1. The lowest BCUT2D eigenvalue weighted by Gasteiger charge is -2.22. The molecule has 0 saturated heterocycles. The summed E-state index contributed by atoms with van der Waals surface area (Å²) < 4.78 is 0. The fraction of sp³-hybridized carbons (Fsp3) is 0.263. The van der Waals surface area contributed by atoms with E-state index in [4.69, 9.17) is 11.6 Å². The van der Waals surface area contributed by atoms with Crippen molar-refractivity contribution in [3.63, 3.8) is 0 Å². The highest BCUT2D eigenvalue weighted by Gasteiger charge is 2.14. The Labute approximate surface area is 147 Å². The lowest BCUT2D eigenvalue weighted by atomic mass is 10.1. The van der Waals surface area contributed by atoms with Crippen LogP contribution < -0.4 is 10.2 Å². The van der Waals surface area contributed by atoms with E-state index in [0.29, 0.717) is 23.7 Å². The van der Waals surface area contributed by atoms with Gasteiger partial charge >= 0.3 is 0 Å². The van der Waals surface area contributed by atoms with Crippen LogP contribution in [0.5, 0.6) is 0 Å². The third-order valence-electron chi connectivity index (χ3n) is 3.86. The first kappa shape index (κ1) is 18.0. The van der Waals surface area contributed by atoms with Crippen LogP contribution in [0, 0.1) is 13.8 Å². The molecular formula is C19H21ClN2O2. The molecule has 5 heteroatoms. The summed E-state index contributed by atoms with van der Waals surface area (Å²) in [5.74, 6) is -0.237. The fourth-order valence-corrected chi connectivity index (χ4v) is 2.60. The van der Waals surface area contributed by atoms with E-state index in [0.717, 1.165) is 16.8 Å². The Morgan fingerprint density at radius 2 is 1.79 bits per heavy atom. The number of benzene rings is 2. The van der Waals surface area contributed by atoms with Crippen molar-refractivity contribution in [1.82, 2.24) is 5.32 Å². The molecule has 0 bridgehead atoms. The van der Waals surface area contributed by atoms with Crippen molar-refractivity contribution in [2.24, 2.45) is 0 Å². The molecule has 0 saturated carbocycles. The summed E-state index contributed by atoms with van der Waals surface area (Å²) in [5, 5.41) is 3.47. The Kier molecular flexibility index (Phi) is 5.99. The highest BCUT2D eigenvalue weighted by Crippen LogP contribution is 2.23. The molecule has 0 unspecified atom stereocenters. The van der Waals surface area contributed by atoms with Gasteiger partial charge in [0.05, 0.1) is 0 Å². The molecule has 0 aromatic heterocycles.